The van der Waals surface area contributed by atoms with Gasteiger partial charge in [-0.15, -0.1) is 11.3 Å². The summed E-state index contributed by atoms with van der Waals surface area (Å²) in [4.78, 5) is 43.1. The van der Waals surface area contributed by atoms with Gasteiger partial charge in [0.25, 0.3) is 0 Å². The first kappa shape index (κ1) is 31.3. The first-order valence-electron chi connectivity index (χ1n) is 13.2. The molecule has 4 rings (SSSR count). The number of esters is 1. The molecule has 2 aromatic heterocycles. The van der Waals surface area contributed by atoms with Crippen LogP contribution in [0.3, 0.4) is 0 Å². The minimum absolute atomic E-state index is 0.107. The number of hydrogen-bond donors (Lipinski definition) is 1. The van der Waals surface area contributed by atoms with E-state index in [1.54, 1.807) is 28.1 Å². The number of nitriles is 1. The summed E-state index contributed by atoms with van der Waals surface area (Å²) < 4.78 is 15.7. The number of nitrogens with one attached hydrogen (secondary N) is 1. The Labute approximate surface area is 257 Å². The number of ether oxygens (including phenoxy) is 3. The van der Waals surface area contributed by atoms with Crippen molar-refractivity contribution in [3.05, 3.63) is 76.2 Å². The molecule has 0 saturated carbocycles. The maximum Gasteiger partial charge on any atom is 0.341 e. The highest BCUT2D eigenvalue weighted by molar-refractivity contribution is 8.00. The third kappa shape index (κ3) is 7.05. The standard InChI is InChI=1S/C32H29N3O6S2/c1-6-41-32(38)28-18(2)29(19(3)36)43-31(28)35-27(37)17-42-30-25(16-33)24(20-7-11-22(39-4)12-8-20)15-26(34-30)21-9-13-23(40-5)14-10-21/h7-15H,6,17H2,1-5H3,(H,35,37). The lowest BCUT2D eigenvalue weighted by molar-refractivity contribution is -0.113. The van der Waals surface area contributed by atoms with Crippen molar-refractivity contribution in [2.75, 3.05) is 31.9 Å². The number of pyridine rings is 1. The number of thioether (sulfide) groups is 1. The van der Waals surface area contributed by atoms with Gasteiger partial charge in [0.2, 0.25) is 5.91 Å². The Balaban J connectivity index is 1.69. The molecule has 4 aromatic rings. The van der Waals surface area contributed by atoms with Crippen molar-refractivity contribution in [1.29, 1.82) is 5.26 Å². The molecule has 0 aliphatic heterocycles. The van der Waals surface area contributed by atoms with Gasteiger partial charge in [-0.25, -0.2) is 9.78 Å². The van der Waals surface area contributed by atoms with Crippen molar-refractivity contribution in [1.82, 2.24) is 4.98 Å². The Morgan fingerprint density at radius 2 is 1.60 bits per heavy atom. The molecule has 1 N–H and O–H groups in total. The number of methoxy groups -OCH3 is 2. The smallest absolute Gasteiger partial charge is 0.341 e. The molecule has 2 heterocycles. The van der Waals surface area contributed by atoms with E-state index in [0.29, 0.717) is 43.8 Å². The molecule has 11 heteroatoms. The molecule has 220 valence electrons. The van der Waals surface area contributed by atoms with Gasteiger partial charge in [-0.2, -0.15) is 5.26 Å². The SMILES string of the molecule is CCOC(=O)c1c(NC(=O)CSc2nc(-c3ccc(OC)cc3)cc(-c3ccc(OC)cc3)c2C#N)sc(C(C)=O)c1C. The third-order valence-corrected chi connectivity index (χ3v) is 8.71. The van der Waals surface area contributed by atoms with Gasteiger partial charge in [0.05, 0.1) is 48.3 Å². The van der Waals surface area contributed by atoms with Crippen molar-refractivity contribution >= 4 is 45.8 Å². The predicted octanol–water partition coefficient (Wildman–Crippen LogP) is 6.78. The highest BCUT2D eigenvalue weighted by Gasteiger charge is 2.25. The summed E-state index contributed by atoms with van der Waals surface area (Å²) in [6.07, 6.45) is 0. The summed E-state index contributed by atoms with van der Waals surface area (Å²) in [5.41, 5.74) is 3.79. The van der Waals surface area contributed by atoms with E-state index in [1.165, 1.54) is 6.92 Å². The number of benzene rings is 2. The molecule has 0 bridgehead atoms. The third-order valence-electron chi connectivity index (χ3n) is 6.42. The fourth-order valence-corrected chi connectivity index (χ4v) is 6.23. The Morgan fingerprint density at radius 1 is 1.00 bits per heavy atom. The number of anilines is 1. The molecular weight excluding hydrogens is 587 g/mol. The number of carbonyl (C=O) groups excluding carboxylic acids is 3. The second-order valence-corrected chi connectivity index (χ2v) is 11.2. The summed E-state index contributed by atoms with van der Waals surface area (Å²) in [5.74, 6) is 0.00157. The van der Waals surface area contributed by atoms with E-state index in [0.717, 1.165) is 34.2 Å². The second-order valence-electron chi connectivity index (χ2n) is 9.18. The molecule has 0 radical (unpaired) electrons. The lowest BCUT2D eigenvalue weighted by Gasteiger charge is -2.13. The molecule has 0 atom stereocenters. The van der Waals surface area contributed by atoms with Crippen molar-refractivity contribution in [3.63, 3.8) is 0 Å². The zero-order valence-corrected chi connectivity index (χ0v) is 25.9. The average Bonchev–Trinajstić information content (AvgIpc) is 3.35. The topological polar surface area (TPSA) is 128 Å². The monoisotopic (exact) mass is 615 g/mol. The summed E-state index contributed by atoms with van der Waals surface area (Å²) in [5, 5.41) is 13.6. The van der Waals surface area contributed by atoms with Gasteiger partial charge in [0.1, 0.15) is 27.6 Å². The molecule has 0 saturated heterocycles. The van der Waals surface area contributed by atoms with Crippen LogP contribution in [-0.4, -0.2) is 49.2 Å². The van der Waals surface area contributed by atoms with E-state index < -0.39 is 11.9 Å². The van der Waals surface area contributed by atoms with E-state index in [1.807, 2.05) is 54.6 Å². The predicted molar refractivity (Wildman–Crippen MR) is 167 cm³/mol. The Morgan fingerprint density at radius 3 is 2.14 bits per heavy atom. The van der Waals surface area contributed by atoms with Crippen LogP contribution in [0.5, 0.6) is 11.5 Å². The molecule has 9 nitrogen and oxygen atoms in total. The molecule has 0 aliphatic rings. The van der Waals surface area contributed by atoms with E-state index in [4.69, 9.17) is 19.2 Å². The van der Waals surface area contributed by atoms with E-state index in [9.17, 15) is 19.6 Å². The van der Waals surface area contributed by atoms with Crippen LogP contribution in [-0.2, 0) is 9.53 Å². The number of nitrogens with zero attached hydrogens (tertiary/aromatic N) is 2. The minimum Gasteiger partial charge on any atom is -0.497 e. The van der Waals surface area contributed by atoms with Crippen LogP contribution in [0.25, 0.3) is 22.4 Å². The van der Waals surface area contributed by atoms with Gasteiger partial charge in [-0.3, -0.25) is 9.59 Å². The van der Waals surface area contributed by atoms with Crippen molar-refractivity contribution in [2.24, 2.45) is 0 Å². The lowest BCUT2D eigenvalue weighted by Crippen LogP contribution is -2.16. The van der Waals surface area contributed by atoms with Gasteiger partial charge in [-0.1, -0.05) is 23.9 Å². The highest BCUT2D eigenvalue weighted by atomic mass is 32.2. The zero-order chi connectivity index (χ0) is 31.1. The van der Waals surface area contributed by atoms with Crippen LogP contribution < -0.4 is 14.8 Å². The van der Waals surface area contributed by atoms with Crippen molar-refractivity contribution in [3.8, 4) is 40.0 Å². The number of hydrogen-bond acceptors (Lipinski definition) is 10. The van der Waals surface area contributed by atoms with Gasteiger partial charge in [0, 0.05) is 11.1 Å². The molecule has 0 aliphatic carbocycles. The number of Topliss-reactive ketones (excluding diaryl/α,β-unsaturated/α-hetero) is 1. The fourth-order valence-electron chi connectivity index (χ4n) is 4.33. The molecule has 1 amide bonds. The van der Waals surface area contributed by atoms with Gasteiger partial charge >= 0.3 is 5.97 Å². The summed E-state index contributed by atoms with van der Waals surface area (Å²) >= 11 is 2.13. The van der Waals surface area contributed by atoms with E-state index in [2.05, 4.69) is 11.4 Å². The second kappa shape index (κ2) is 14.0. The van der Waals surface area contributed by atoms with Gasteiger partial charge in [-0.05, 0) is 74.4 Å². The average molecular weight is 616 g/mol. The quantitative estimate of drug-likeness (QED) is 0.110. The maximum atomic E-state index is 13.2. The highest BCUT2D eigenvalue weighted by Crippen LogP contribution is 2.37. The van der Waals surface area contributed by atoms with Gasteiger partial charge in [0.15, 0.2) is 5.78 Å². The van der Waals surface area contributed by atoms with E-state index >= 15 is 0 Å². The summed E-state index contributed by atoms with van der Waals surface area (Å²) in [6.45, 7) is 4.88. The van der Waals surface area contributed by atoms with Crippen LogP contribution in [0, 0.1) is 18.3 Å². The van der Waals surface area contributed by atoms with E-state index in [-0.39, 0.29) is 28.7 Å². The minimum atomic E-state index is -0.614. The van der Waals surface area contributed by atoms with Crippen LogP contribution in [0.1, 0.15) is 45.0 Å². The summed E-state index contributed by atoms with van der Waals surface area (Å²) in [7, 11) is 3.17. The molecule has 43 heavy (non-hydrogen) atoms. The normalized spacial score (nSPS) is 10.5. The number of carbonyl (C=O) groups is 3. The molecule has 0 fully saturated rings. The van der Waals surface area contributed by atoms with Crippen LogP contribution in [0.2, 0.25) is 0 Å². The number of amides is 1. The van der Waals surface area contributed by atoms with Crippen LogP contribution in [0.4, 0.5) is 5.00 Å². The molecule has 0 spiro atoms. The summed E-state index contributed by atoms with van der Waals surface area (Å²) in [6, 6.07) is 18.8. The fraction of sp³-hybridized carbons (Fsp3) is 0.219. The van der Waals surface area contributed by atoms with Crippen LogP contribution >= 0.6 is 23.1 Å². The number of rotatable bonds is 11. The first-order valence-corrected chi connectivity index (χ1v) is 15.0. The van der Waals surface area contributed by atoms with Crippen LogP contribution in [0.15, 0.2) is 59.6 Å². The maximum absolute atomic E-state index is 13.2. The lowest BCUT2D eigenvalue weighted by atomic mass is 9.99. The van der Waals surface area contributed by atoms with Crippen molar-refractivity contribution in [2.45, 2.75) is 25.8 Å². The zero-order valence-electron chi connectivity index (χ0n) is 24.3. The Bertz CT molecular complexity index is 1710. The Kier molecular flexibility index (Phi) is 10.2. The Hall–Kier alpha value is -4.66. The van der Waals surface area contributed by atoms with Crippen molar-refractivity contribution < 1.29 is 28.6 Å². The number of ketones is 1. The molecule has 0 unspecified atom stereocenters. The number of thiophene rings is 1. The van der Waals surface area contributed by atoms with Gasteiger partial charge < -0.3 is 19.5 Å². The molecular formula is C32H29N3O6S2. The molecule has 2 aromatic carbocycles. The number of aromatic nitrogens is 1. The first-order chi connectivity index (χ1) is 20.7. The largest absolute Gasteiger partial charge is 0.497 e.